The van der Waals surface area contributed by atoms with Gasteiger partial charge in [-0.2, -0.15) is 0 Å². The average molecular weight is 350 g/mol. The molecule has 1 saturated carbocycles. The highest BCUT2D eigenvalue weighted by Crippen LogP contribution is 2.37. The van der Waals surface area contributed by atoms with E-state index in [1.165, 1.54) is 86.6 Å². The van der Waals surface area contributed by atoms with Gasteiger partial charge in [-0.05, 0) is 61.6 Å². The summed E-state index contributed by atoms with van der Waals surface area (Å²) >= 11 is 0. The smallest absolute Gasteiger partial charge is 0.0434 e. The van der Waals surface area contributed by atoms with Gasteiger partial charge in [-0.3, -0.25) is 4.98 Å². The first-order valence-electron chi connectivity index (χ1n) is 10.9. The second-order valence-electron chi connectivity index (χ2n) is 8.13. The second kappa shape index (κ2) is 9.90. The molecule has 0 radical (unpaired) electrons. The van der Waals surface area contributed by atoms with E-state index in [1.54, 1.807) is 0 Å². The molecule has 0 amide bonds. The summed E-state index contributed by atoms with van der Waals surface area (Å²) in [6.45, 7) is 4.57. The van der Waals surface area contributed by atoms with Crippen molar-refractivity contribution in [1.29, 1.82) is 0 Å². The van der Waals surface area contributed by atoms with Crippen LogP contribution in [0.2, 0.25) is 0 Å². The lowest BCUT2D eigenvalue weighted by Gasteiger charge is -2.28. The van der Waals surface area contributed by atoms with Gasteiger partial charge in [0.1, 0.15) is 0 Å². The molecule has 1 nitrogen and oxygen atoms in total. The Kier molecular flexibility index (Phi) is 7.29. The zero-order valence-corrected chi connectivity index (χ0v) is 16.7. The van der Waals surface area contributed by atoms with Gasteiger partial charge in [0.2, 0.25) is 0 Å². The molecule has 26 heavy (non-hydrogen) atoms. The summed E-state index contributed by atoms with van der Waals surface area (Å²) in [6, 6.07) is 13.6. The van der Waals surface area contributed by atoms with Gasteiger partial charge >= 0.3 is 0 Å². The molecule has 1 heteroatoms. The van der Waals surface area contributed by atoms with Gasteiger partial charge in [0.15, 0.2) is 0 Å². The van der Waals surface area contributed by atoms with Crippen molar-refractivity contribution in [3.8, 4) is 11.1 Å². The van der Waals surface area contributed by atoms with Crippen LogP contribution in [-0.2, 0) is 6.42 Å². The molecule has 1 aromatic carbocycles. The minimum atomic E-state index is 0.679. The predicted octanol–water partition coefficient (Wildman–Crippen LogP) is 7.56. The Hall–Kier alpha value is -1.63. The number of unbranched alkanes of at least 4 members (excludes halogenated alkanes) is 2. The molecular formula is C25H35N. The van der Waals surface area contributed by atoms with Gasteiger partial charge in [-0.25, -0.2) is 0 Å². The van der Waals surface area contributed by atoms with Crippen LogP contribution in [0.25, 0.3) is 11.1 Å². The molecule has 0 unspecified atom stereocenters. The summed E-state index contributed by atoms with van der Waals surface area (Å²) in [4.78, 5) is 4.83. The van der Waals surface area contributed by atoms with Crippen molar-refractivity contribution in [2.45, 2.75) is 84.0 Å². The number of rotatable bonds is 8. The fourth-order valence-corrected chi connectivity index (χ4v) is 4.42. The number of benzene rings is 1. The van der Waals surface area contributed by atoms with E-state index in [0.717, 1.165) is 5.92 Å². The molecule has 140 valence electrons. The van der Waals surface area contributed by atoms with Gasteiger partial charge in [0.25, 0.3) is 0 Å². The number of pyridine rings is 1. The molecule has 0 saturated heterocycles. The van der Waals surface area contributed by atoms with Crippen LogP contribution in [0.15, 0.2) is 42.6 Å². The minimum Gasteiger partial charge on any atom is -0.260 e. The molecule has 1 aliphatic carbocycles. The number of aryl methyl sites for hydroxylation is 1. The molecule has 0 spiro atoms. The first-order valence-corrected chi connectivity index (χ1v) is 10.9. The first kappa shape index (κ1) is 19.1. The average Bonchev–Trinajstić information content (AvgIpc) is 2.70. The highest BCUT2D eigenvalue weighted by Gasteiger charge is 2.22. The maximum atomic E-state index is 4.83. The Morgan fingerprint density at radius 2 is 1.54 bits per heavy atom. The number of nitrogens with zero attached hydrogens (tertiary/aromatic N) is 1. The summed E-state index contributed by atoms with van der Waals surface area (Å²) in [6.07, 6.45) is 15.4. The third kappa shape index (κ3) is 5.19. The predicted molar refractivity (Wildman–Crippen MR) is 113 cm³/mol. The van der Waals surface area contributed by atoms with E-state index in [1.807, 2.05) is 0 Å². The Morgan fingerprint density at radius 3 is 2.15 bits per heavy atom. The van der Waals surface area contributed by atoms with Gasteiger partial charge < -0.3 is 0 Å². The summed E-state index contributed by atoms with van der Waals surface area (Å²) < 4.78 is 0. The molecule has 0 aliphatic heterocycles. The van der Waals surface area contributed by atoms with Crippen LogP contribution in [-0.4, -0.2) is 4.98 Å². The molecule has 2 aromatic rings. The van der Waals surface area contributed by atoms with Crippen molar-refractivity contribution in [2.75, 3.05) is 0 Å². The lowest BCUT2D eigenvalue weighted by molar-refractivity contribution is 0.305. The van der Waals surface area contributed by atoms with E-state index >= 15 is 0 Å². The Labute approximate surface area is 160 Å². The fraction of sp³-hybridized carbons (Fsp3) is 0.560. The van der Waals surface area contributed by atoms with Gasteiger partial charge in [-0.15, -0.1) is 0 Å². The van der Waals surface area contributed by atoms with E-state index in [9.17, 15) is 0 Å². The molecule has 1 fully saturated rings. The lowest BCUT2D eigenvalue weighted by Crippen LogP contribution is -2.14. The summed E-state index contributed by atoms with van der Waals surface area (Å²) in [5.41, 5.74) is 5.29. The van der Waals surface area contributed by atoms with Crippen LogP contribution in [0.3, 0.4) is 0 Å². The SMILES string of the molecule is CCCCCc1ccc(-c2ccc(C3CCC(CCC)CC3)nc2)cc1. The first-order chi connectivity index (χ1) is 12.8. The zero-order valence-electron chi connectivity index (χ0n) is 16.7. The van der Waals surface area contributed by atoms with E-state index in [0.29, 0.717) is 5.92 Å². The van der Waals surface area contributed by atoms with Crippen LogP contribution in [0.5, 0.6) is 0 Å². The third-order valence-electron chi connectivity index (χ3n) is 6.10. The molecule has 0 N–H and O–H groups in total. The number of hydrogen-bond acceptors (Lipinski definition) is 1. The van der Waals surface area contributed by atoms with Crippen molar-refractivity contribution in [2.24, 2.45) is 5.92 Å². The summed E-state index contributed by atoms with van der Waals surface area (Å²) in [5, 5.41) is 0. The third-order valence-corrected chi connectivity index (χ3v) is 6.10. The molecule has 0 atom stereocenters. The van der Waals surface area contributed by atoms with Crippen molar-refractivity contribution in [1.82, 2.24) is 4.98 Å². The van der Waals surface area contributed by atoms with Gasteiger partial charge in [-0.1, -0.05) is 69.9 Å². The molecule has 3 rings (SSSR count). The van der Waals surface area contributed by atoms with Crippen LogP contribution in [0.1, 0.15) is 88.8 Å². The van der Waals surface area contributed by atoms with E-state index < -0.39 is 0 Å². The van der Waals surface area contributed by atoms with Crippen molar-refractivity contribution in [3.05, 3.63) is 53.9 Å². The van der Waals surface area contributed by atoms with Crippen molar-refractivity contribution in [3.63, 3.8) is 0 Å². The summed E-state index contributed by atoms with van der Waals surface area (Å²) in [7, 11) is 0. The molecule has 1 heterocycles. The largest absolute Gasteiger partial charge is 0.260 e. The summed E-state index contributed by atoms with van der Waals surface area (Å²) in [5.74, 6) is 1.64. The van der Waals surface area contributed by atoms with Crippen LogP contribution < -0.4 is 0 Å². The number of hydrogen-bond donors (Lipinski definition) is 0. The minimum absolute atomic E-state index is 0.679. The van der Waals surface area contributed by atoms with Crippen molar-refractivity contribution < 1.29 is 0 Å². The topological polar surface area (TPSA) is 12.9 Å². The molecule has 1 aliphatic rings. The van der Waals surface area contributed by atoms with Crippen LogP contribution in [0, 0.1) is 5.92 Å². The normalized spacial score (nSPS) is 20.2. The second-order valence-corrected chi connectivity index (χ2v) is 8.13. The lowest BCUT2D eigenvalue weighted by atomic mass is 9.78. The molecule has 1 aromatic heterocycles. The van der Waals surface area contributed by atoms with Crippen molar-refractivity contribution >= 4 is 0 Å². The monoisotopic (exact) mass is 349 g/mol. The van der Waals surface area contributed by atoms with E-state index in [-0.39, 0.29) is 0 Å². The maximum Gasteiger partial charge on any atom is 0.0434 e. The Balaban J connectivity index is 1.57. The van der Waals surface area contributed by atoms with Gasteiger partial charge in [0.05, 0.1) is 0 Å². The molecular weight excluding hydrogens is 314 g/mol. The van der Waals surface area contributed by atoms with E-state index in [4.69, 9.17) is 4.98 Å². The molecule has 0 bridgehead atoms. The van der Waals surface area contributed by atoms with Gasteiger partial charge in [0, 0.05) is 23.4 Å². The Morgan fingerprint density at radius 1 is 0.808 bits per heavy atom. The van der Waals surface area contributed by atoms with Crippen LogP contribution >= 0.6 is 0 Å². The number of aromatic nitrogens is 1. The standard InChI is InChI=1S/C25H35N/c1-3-5-6-8-21-9-13-22(14-10-21)24-17-18-25(26-19-24)23-15-11-20(7-4-2)12-16-23/h9-10,13-14,17-20,23H,3-8,11-12,15-16H2,1-2H3. The van der Waals surface area contributed by atoms with Crippen LogP contribution in [0.4, 0.5) is 0 Å². The quantitative estimate of drug-likeness (QED) is 0.448. The zero-order chi connectivity index (χ0) is 18.2. The van der Waals surface area contributed by atoms with E-state index in [2.05, 4.69) is 56.4 Å². The highest BCUT2D eigenvalue weighted by molar-refractivity contribution is 5.62. The highest BCUT2D eigenvalue weighted by atomic mass is 14.7. The fourth-order valence-electron chi connectivity index (χ4n) is 4.42. The Bertz CT molecular complexity index is 633. The maximum absolute atomic E-state index is 4.83.